The molecule has 114 valence electrons. The van der Waals surface area contributed by atoms with Crippen LogP contribution in [0, 0.1) is 5.92 Å². The molecule has 0 saturated carbocycles. The predicted molar refractivity (Wildman–Crippen MR) is 75.5 cm³/mol. The van der Waals surface area contributed by atoms with Crippen LogP contribution in [0.2, 0.25) is 0 Å². The van der Waals surface area contributed by atoms with Gasteiger partial charge < -0.3 is 9.57 Å². The van der Waals surface area contributed by atoms with E-state index in [9.17, 15) is 9.59 Å². The highest BCUT2D eigenvalue weighted by molar-refractivity contribution is 5.73. The minimum absolute atomic E-state index is 0.0163. The highest BCUT2D eigenvalue weighted by atomic mass is 16.7. The fourth-order valence-corrected chi connectivity index (χ4v) is 2.74. The lowest BCUT2D eigenvalue weighted by atomic mass is 10.1. The van der Waals surface area contributed by atoms with Gasteiger partial charge in [0.1, 0.15) is 19.1 Å². The number of hydrogen-bond acceptors (Lipinski definition) is 5. The Labute approximate surface area is 124 Å². The Hall–Kier alpha value is -1.92. The molecule has 1 aliphatic heterocycles. The van der Waals surface area contributed by atoms with Gasteiger partial charge >= 0.3 is 12.1 Å². The van der Waals surface area contributed by atoms with Crippen molar-refractivity contribution < 1.29 is 23.6 Å². The van der Waals surface area contributed by atoms with Gasteiger partial charge in [-0.05, 0) is 12.5 Å². The third kappa shape index (κ3) is 3.22. The van der Waals surface area contributed by atoms with Crippen molar-refractivity contribution in [2.75, 3.05) is 13.6 Å². The molecule has 1 saturated heterocycles. The van der Waals surface area contributed by atoms with Crippen LogP contribution in [0.1, 0.15) is 18.9 Å². The van der Waals surface area contributed by atoms with Gasteiger partial charge in [0, 0.05) is 6.42 Å². The van der Waals surface area contributed by atoms with E-state index in [2.05, 4.69) is 4.84 Å². The standard InChI is InChI=1S/C15H21N2O4/c1-11-8-13(14(18)21-16)9-17(11,2)15(19)20-10-12-6-4-3-5-7-12/h3-7,11,13H,8-10,16H2,1-2H3/q+1/t11-,13?,17?/m1/s1. The van der Waals surface area contributed by atoms with Crippen molar-refractivity contribution in [2.24, 2.45) is 11.8 Å². The number of ether oxygens (including phenoxy) is 1. The summed E-state index contributed by atoms with van der Waals surface area (Å²) >= 11 is 0. The zero-order chi connectivity index (χ0) is 15.5. The van der Waals surface area contributed by atoms with Crippen LogP contribution in [-0.2, 0) is 21.0 Å². The Kier molecular flexibility index (Phi) is 4.59. The Balaban J connectivity index is 1.99. The molecular weight excluding hydrogens is 272 g/mol. The molecule has 0 aromatic heterocycles. The van der Waals surface area contributed by atoms with Gasteiger partial charge in [-0.1, -0.05) is 30.3 Å². The zero-order valence-corrected chi connectivity index (χ0v) is 12.3. The third-order valence-electron chi connectivity index (χ3n) is 4.27. The van der Waals surface area contributed by atoms with E-state index in [1.165, 1.54) is 0 Å². The molecule has 3 atom stereocenters. The van der Waals surface area contributed by atoms with Crippen molar-refractivity contribution in [1.82, 2.24) is 0 Å². The second-order valence-corrected chi connectivity index (χ2v) is 5.71. The molecule has 2 rings (SSSR count). The molecule has 6 nitrogen and oxygen atoms in total. The number of hydrogen-bond donors (Lipinski definition) is 1. The Morgan fingerprint density at radius 1 is 1.33 bits per heavy atom. The topological polar surface area (TPSA) is 78.6 Å². The summed E-state index contributed by atoms with van der Waals surface area (Å²) in [5.74, 6) is 4.09. The molecule has 1 aliphatic rings. The molecule has 2 unspecified atom stereocenters. The summed E-state index contributed by atoms with van der Waals surface area (Å²) in [5.41, 5.74) is 0.933. The minimum atomic E-state index is -0.473. The molecule has 0 spiro atoms. The van der Waals surface area contributed by atoms with Crippen molar-refractivity contribution in [2.45, 2.75) is 26.0 Å². The molecule has 1 aromatic carbocycles. The zero-order valence-electron chi connectivity index (χ0n) is 12.3. The van der Waals surface area contributed by atoms with Gasteiger partial charge in [-0.25, -0.2) is 9.28 Å². The number of carbonyl (C=O) groups is 2. The number of amides is 1. The molecule has 21 heavy (non-hydrogen) atoms. The average molecular weight is 293 g/mol. The molecule has 0 bridgehead atoms. The minimum Gasteiger partial charge on any atom is -0.415 e. The third-order valence-corrected chi connectivity index (χ3v) is 4.27. The van der Waals surface area contributed by atoms with E-state index in [-0.39, 0.29) is 29.1 Å². The fourth-order valence-electron chi connectivity index (χ4n) is 2.74. The maximum Gasteiger partial charge on any atom is 0.516 e. The molecule has 0 radical (unpaired) electrons. The van der Waals surface area contributed by atoms with Crippen LogP contribution in [0.4, 0.5) is 4.79 Å². The summed E-state index contributed by atoms with van der Waals surface area (Å²) in [6.45, 7) is 2.50. The summed E-state index contributed by atoms with van der Waals surface area (Å²) in [6, 6.07) is 9.48. The second-order valence-electron chi connectivity index (χ2n) is 5.71. The smallest absolute Gasteiger partial charge is 0.415 e. The van der Waals surface area contributed by atoms with E-state index in [0.717, 1.165) is 5.56 Å². The molecule has 6 heteroatoms. The van der Waals surface area contributed by atoms with Crippen molar-refractivity contribution in [3.8, 4) is 0 Å². The molecule has 0 aliphatic carbocycles. The number of benzene rings is 1. The van der Waals surface area contributed by atoms with Crippen LogP contribution in [-0.4, -0.2) is 36.2 Å². The van der Waals surface area contributed by atoms with Crippen molar-refractivity contribution >= 4 is 12.1 Å². The summed E-state index contributed by atoms with van der Waals surface area (Å²) in [6.07, 6.45) is 0.228. The van der Waals surface area contributed by atoms with E-state index in [4.69, 9.17) is 10.6 Å². The van der Waals surface area contributed by atoms with Crippen molar-refractivity contribution in [1.29, 1.82) is 0 Å². The molecule has 1 amide bonds. The molecule has 1 aromatic rings. The average Bonchev–Trinajstić information content (AvgIpc) is 2.82. The van der Waals surface area contributed by atoms with Crippen molar-refractivity contribution in [3.05, 3.63) is 35.9 Å². The van der Waals surface area contributed by atoms with E-state index in [1.807, 2.05) is 37.3 Å². The maximum atomic E-state index is 12.4. The lowest BCUT2D eigenvalue weighted by Crippen LogP contribution is -2.52. The summed E-state index contributed by atoms with van der Waals surface area (Å²) in [5, 5.41) is 0. The highest BCUT2D eigenvalue weighted by Crippen LogP contribution is 2.31. The van der Waals surface area contributed by atoms with Gasteiger partial charge in [-0.2, -0.15) is 10.7 Å². The monoisotopic (exact) mass is 293 g/mol. The number of carbonyl (C=O) groups excluding carboxylic acids is 2. The molecular formula is C15H21N2O4+. The summed E-state index contributed by atoms with van der Waals surface area (Å²) in [4.78, 5) is 28.2. The van der Waals surface area contributed by atoms with Crippen LogP contribution in [0.15, 0.2) is 30.3 Å². The van der Waals surface area contributed by atoms with Gasteiger partial charge in [0.05, 0.1) is 13.1 Å². The first-order chi connectivity index (χ1) is 9.97. The number of quaternary nitrogens is 1. The second kappa shape index (κ2) is 6.24. The van der Waals surface area contributed by atoms with Crippen LogP contribution >= 0.6 is 0 Å². The summed E-state index contributed by atoms with van der Waals surface area (Å²) < 4.78 is 5.46. The molecule has 2 N–H and O–H groups in total. The van der Waals surface area contributed by atoms with E-state index < -0.39 is 5.97 Å². The van der Waals surface area contributed by atoms with Gasteiger partial charge in [0.25, 0.3) is 0 Å². The SMILES string of the molecule is C[C@@H]1CC(C(=O)ON)C[N+]1(C)C(=O)OCc1ccccc1. The number of nitrogens with two attached hydrogens (primary N) is 1. The van der Waals surface area contributed by atoms with E-state index >= 15 is 0 Å². The first-order valence-corrected chi connectivity index (χ1v) is 6.94. The first-order valence-electron chi connectivity index (χ1n) is 6.94. The predicted octanol–water partition coefficient (Wildman–Crippen LogP) is 1.60. The van der Waals surface area contributed by atoms with Gasteiger partial charge in [0.15, 0.2) is 0 Å². The van der Waals surface area contributed by atoms with Gasteiger partial charge in [-0.3, -0.25) is 0 Å². The van der Waals surface area contributed by atoms with Crippen LogP contribution in [0.5, 0.6) is 0 Å². The Bertz CT molecular complexity index is 520. The van der Waals surface area contributed by atoms with Gasteiger partial charge in [-0.15, -0.1) is 0 Å². The van der Waals surface area contributed by atoms with Crippen LogP contribution < -0.4 is 5.90 Å². The maximum absolute atomic E-state index is 12.4. The fraction of sp³-hybridized carbons (Fsp3) is 0.467. The number of nitrogens with zero attached hydrogens (tertiary/aromatic N) is 1. The summed E-state index contributed by atoms with van der Waals surface area (Å²) in [7, 11) is 1.78. The Morgan fingerprint density at radius 3 is 2.62 bits per heavy atom. The van der Waals surface area contributed by atoms with E-state index in [1.54, 1.807) is 7.05 Å². The largest absolute Gasteiger partial charge is 0.516 e. The van der Waals surface area contributed by atoms with Crippen LogP contribution in [0.3, 0.4) is 0 Å². The molecule has 1 fully saturated rings. The lowest BCUT2D eigenvalue weighted by Gasteiger charge is -2.29. The normalized spacial score (nSPS) is 28.1. The lowest BCUT2D eigenvalue weighted by molar-refractivity contribution is -0.849. The first kappa shape index (κ1) is 15.5. The number of likely N-dealkylation sites (tertiary alicyclic amines) is 1. The quantitative estimate of drug-likeness (QED) is 0.676. The molecule has 1 heterocycles. The highest BCUT2D eigenvalue weighted by Gasteiger charge is 2.51. The van der Waals surface area contributed by atoms with E-state index in [0.29, 0.717) is 13.0 Å². The van der Waals surface area contributed by atoms with Crippen molar-refractivity contribution in [3.63, 3.8) is 0 Å². The van der Waals surface area contributed by atoms with Crippen LogP contribution in [0.25, 0.3) is 0 Å². The van der Waals surface area contributed by atoms with Gasteiger partial charge in [0.2, 0.25) is 0 Å². The number of rotatable bonds is 3. The Morgan fingerprint density at radius 2 is 2.00 bits per heavy atom.